The zero-order valence-electron chi connectivity index (χ0n) is 6.99. The first-order valence-electron chi connectivity index (χ1n) is 3.68. The minimum Gasteiger partial charge on any atom is -0.330 e. The molecule has 0 aliphatic carbocycles. The lowest BCUT2D eigenvalue weighted by molar-refractivity contribution is 0.269. The van der Waals surface area contributed by atoms with Crippen molar-refractivity contribution in [3.63, 3.8) is 0 Å². The van der Waals surface area contributed by atoms with E-state index in [0.717, 1.165) is 0 Å². The van der Waals surface area contributed by atoms with Gasteiger partial charge >= 0.3 is 7.60 Å². The van der Waals surface area contributed by atoms with Gasteiger partial charge in [0.15, 0.2) is 0 Å². The number of rotatable bonds is 5. The molecule has 4 nitrogen and oxygen atoms in total. The first-order valence-corrected chi connectivity index (χ1v) is 5.44. The molecule has 0 aromatic carbocycles. The van der Waals surface area contributed by atoms with E-state index in [1.54, 1.807) is 6.92 Å². The average molecular weight is 181 g/mol. The van der Waals surface area contributed by atoms with Crippen molar-refractivity contribution >= 4 is 7.60 Å². The molecule has 68 valence electrons. The molecule has 0 saturated heterocycles. The largest absolute Gasteiger partial charge is 0.330 e. The summed E-state index contributed by atoms with van der Waals surface area (Å²) in [5.74, 6) is 0.0392. The monoisotopic (exact) mass is 181 g/mol. The van der Waals surface area contributed by atoms with Crippen LogP contribution in [0.1, 0.15) is 13.8 Å². The molecule has 5 heteroatoms. The van der Waals surface area contributed by atoms with Gasteiger partial charge in [0.05, 0.1) is 12.8 Å². The SMILES string of the molecule is CCOP(=O)(O)CC(C)CN. The number of hydrogen-bond acceptors (Lipinski definition) is 3. The third kappa shape index (κ3) is 5.39. The fourth-order valence-electron chi connectivity index (χ4n) is 0.723. The highest BCUT2D eigenvalue weighted by molar-refractivity contribution is 7.52. The summed E-state index contributed by atoms with van der Waals surface area (Å²) in [5.41, 5.74) is 5.29. The second kappa shape index (κ2) is 4.88. The van der Waals surface area contributed by atoms with E-state index in [-0.39, 0.29) is 18.7 Å². The van der Waals surface area contributed by atoms with Crippen molar-refractivity contribution in [3.05, 3.63) is 0 Å². The van der Waals surface area contributed by atoms with Crippen LogP contribution in [0.15, 0.2) is 0 Å². The maximum atomic E-state index is 11.1. The highest BCUT2D eigenvalue weighted by atomic mass is 31.2. The molecule has 3 N–H and O–H groups in total. The summed E-state index contributed by atoms with van der Waals surface area (Å²) in [6, 6.07) is 0. The molecule has 11 heavy (non-hydrogen) atoms. The van der Waals surface area contributed by atoms with Crippen molar-refractivity contribution in [2.24, 2.45) is 11.7 Å². The lowest BCUT2D eigenvalue weighted by atomic mass is 10.2. The Morgan fingerprint density at radius 1 is 1.73 bits per heavy atom. The minimum absolute atomic E-state index is 0.0392. The summed E-state index contributed by atoms with van der Waals surface area (Å²) in [7, 11) is -3.35. The van der Waals surface area contributed by atoms with Crippen molar-refractivity contribution in [2.75, 3.05) is 19.3 Å². The van der Waals surface area contributed by atoms with Crippen LogP contribution >= 0.6 is 7.60 Å². The third-order valence-electron chi connectivity index (χ3n) is 1.28. The molecule has 0 bridgehead atoms. The van der Waals surface area contributed by atoms with E-state index in [1.807, 2.05) is 6.92 Å². The van der Waals surface area contributed by atoms with Gasteiger partial charge in [-0.2, -0.15) is 0 Å². The average Bonchev–Trinajstić information content (AvgIpc) is 1.86. The second-order valence-electron chi connectivity index (χ2n) is 2.58. The normalized spacial score (nSPS) is 19.3. The van der Waals surface area contributed by atoms with Crippen molar-refractivity contribution in [2.45, 2.75) is 13.8 Å². The van der Waals surface area contributed by atoms with Gasteiger partial charge < -0.3 is 15.2 Å². The van der Waals surface area contributed by atoms with Crippen molar-refractivity contribution in [3.8, 4) is 0 Å². The van der Waals surface area contributed by atoms with Crippen molar-refractivity contribution < 1.29 is 14.0 Å². The van der Waals surface area contributed by atoms with Gasteiger partial charge in [-0.25, -0.2) is 0 Å². The molecule has 0 rings (SSSR count). The van der Waals surface area contributed by atoms with E-state index in [2.05, 4.69) is 4.52 Å². The summed E-state index contributed by atoms with van der Waals surface area (Å²) in [4.78, 5) is 9.09. The molecule has 0 aliphatic rings. The van der Waals surface area contributed by atoms with Gasteiger partial charge in [0.2, 0.25) is 0 Å². The Hall–Kier alpha value is 0.110. The predicted octanol–water partition coefficient (Wildman–Crippen LogP) is 0.803. The lowest BCUT2D eigenvalue weighted by Crippen LogP contribution is -2.15. The highest BCUT2D eigenvalue weighted by Gasteiger charge is 2.20. The van der Waals surface area contributed by atoms with Crippen LogP contribution in [0.5, 0.6) is 0 Å². The Morgan fingerprint density at radius 3 is 2.64 bits per heavy atom. The van der Waals surface area contributed by atoms with E-state index in [0.29, 0.717) is 6.54 Å². The summed E-state index contributed by atoms with van der Waals surface area (Å²) in [6.07, 6.45) is 0.150. The van der Waals surface area contributed by atoms with E-state index < -0.39 is 7.60 Å². The van der Waals surface area contributed by atoms with Crippen LogP contribution in [0.2, 0.25) is 0 Å². The Labute approximate surface area is 67.3 Å². The van der Waals surface area contributed by atoms with Crippen LogP contribution in [0, 0.1) is 5.92 Å². The molecule has 0 aromatic rings. The van der Waals surface area contributed by atoms with Gasteiger partial charge in [-0.1, -0.05) is 6.92 Å². The summed E-state index contributed by atoms with van der Waals surface area (Å²) < 4.78 is 15.7. The Balaban J connectivity index is 3.81. The minimum atomic E-state index is -3.35. The first-order chi connectivity index (χ1) is 5.02. The zero-order valence-corrected chi connectivity index (χ0v) is 7.88. The molecule has 0 spiro atoms. The number of nitrogens with two attached hydrogens (primary N) is 1. The summed E-state index contributed by atoms with van der Waals surface area (Å²) in [5, 5.41) is 0. The molecule has 0 amide bonds. The molecule has 2 unspecified atom stereocenters. The van der Waals surface area contributed by atoms with Gasteiger partial charge in [-0.15, -0.1) is 0 Å². The Morgan fingerprint density at radius 2 is 2.27 bits per heavy atom. The van der Waals surface area contributed by atoms with Crippen LogP contribution in [-0.4, -0.2) is 24.2 Å². The van der Waals surface area contributed by atoms with Crippen LogP contribution in [-0.2, 0) is 9.09 Å². The summed E-state index contributed by atoms with van der Waals surface area (Å²) in [6.45, 7) is 4.20. The molecular formula is C6H16NO3P. The molecule has 2 atom stereocenters. The quantitative estimate of drug-likeness (QED) is 0.615. The van der Waals surface area contributed by atoms with Gasteiger partial charge in [-0.3, -0.25) is 4.57 Å². The van der Waals surface area contributed by atoms with Crippen LogP contribution in [0.3, 0.4) is 0 Å². The molecule has 0 aliphatic heterocycles. The molecule has 0 heterocycles. The standard InChI is InChI=1S/C6H16NO3P/c1-3-10-11(8,9)5-6(2)4-7/h6H,3-5,7H2,1-2H3,(H,8,9). The highest BCUT2D eigenvalue weighted by Crippen LogP contribution is 2.43. The molecule has 0 saturated carbocycles. The zero-order chi connectivity index (χ0) is 8.91. The lowest BCUT2D eigenvalue weighted by Gasteiger charge is -2.13. The summed E-state index contributed by atoms with van der Waals surface area (Å²) >= 11 is 0. The van der Waals surface area contributed by atoms with Gasteiger partial charge in [0, 0.05) is 0 Å². The maximum absolute atomic E-state index is 11.1. The fourth-order valence-corrected chi connectivity index (χ4v) is 2.17. The van der Waals surface area contributed by atoms with Crippen LogP contribution in [0.25, 0.3) is 0 Å². The molecular weight excluding hydrogens is 165 g/mol. The topological polar surface area (TPSA) is 72.5 Å². The van der Waals surface area contributed by atoms with Gasteiger partial charge in [-0.05, 0) is 19.4 Å². The third-order valence-corrected chi connectivity index (χ3v) is 3.02. The van der Waals surface area contributed by atoms with Crippen LogP contribution in [0.4, 0.5) is 0 Å². The van der Waals surface area contributed by atoms with Crippen LogP contribution < -0.4 is 5.73 Å². The van der Waals surface area contributed by atoms with Gasteiger partial charge in [0.1, 0.15) is 0 Å². The number of hydrogen-bond donors (Lipinski definition) is 2. The van der Waals surface area contributed by atoms with Crippen molar-refractivity contribution in [1.29, 1.82) is 0 Å². The maximum Gasteiger partial charge on any atom is 0.328 e. The predicted molar refractivity (Wildman–Crippen MR) is 44.5 cm³/mol. The van der Waals surface area contributed by atoms with E-state index in [4.69, 9.17) is 10.6 Å². The Bertz CT molecular complexity index is 151. The van der Waals surface area contributed by atoms with E-state index in [9.17, 15) is 4.57 Å². The van der Waals surface area contributed by atoms with Crippen molar-refractivity contribution in [1.82, 2.24) is 0 Å². The fraction of sp³-hybridized carbons (Fsp3) is 1.00. The first kappa shape index (κ1) is 11.1. The Kier molecular flexibility index (Phi) is 4.93. The molecule has 0 radical (unpaired) electrons. The van der Waals surface area contributed by atoms with E-state index >= 15 is 0 Å². The van der Waals surface area contributed by atoms with Gasteiger partial charge in [0.25, 0.3) is 0 Å². The molecule has 0 aromatic heterocycles. The van der Waals surface area contributed by atoms with E-state index in [1.165, 1.54) is 0 Å². The smallest absolute Gasteiger partial charge is 0.328 e. The second-order valence-corrected chi connectivity index (χ2v) is 4.48. The molecule has 0 fully saturated rings.